The molecule has 0 bridgehead atoms. The van der Waals surface area contributed by atoms with Crippen LogP contribution in [0.25, 0.3) is 0 Å². The molecule has 0 radical (unpaired) electrons. The van der Waals surface area contributed by atoms with Crippen molar-refractivity contribution in [3.8, 4) is 0 Å². The average Bonchev–Trinajstić information content (AvgIpc) is 2.71. The molecule has 0 saturated carbocycles. The maximum atomic E-state index is 12.1. The van der Waals surface area contributed by atoms with Crippen LogP contribution in [0.3, 0.4) is 0 Å². The lowest BCUT2D eigenvalue weighted by Gasteiger charge is -2.23. The molecule has 1 heterocycles. The van der Waals surface area contributed by atoms with Gasteiger partial charge in [-0.05, 0) is 24.1 Å². The molecule has 7 heteroatoms. The molecular formula is C11H14N2O4S. The van der Waals surface area contributed by atoms with Gasteiger partial charge in [-0.1, -0.05) is 6.07 Å². The maximum Gasteiger partial charge on any atom is 0.335 e. The number of hydrogen-bond acceptors (Lipinski definition) is 3. The molecule has 1 aliphatic heterocycles. The van der Waals surface area contributed by atoms with Crippen LogP contribution in [0.4, 0.5) is 5.69 Å². The minimum absolute atomic E-state index is 0.0922. The number of carboxylic acid groups (broad SMARTS) is 1. The van der Waals surface area contributed by atoms with Gasteiger partial charge in [0.05, 0.1) is 11.3 Å². The molecular weight excluding hydrogens is 256 g/mol. The van der Waals surface area contributed by atoms with Gasteiger partial charge in [0.2, 0.25) is 0 Å². The fourth-order valence-corrected chi connectivity index (χ4v) is 3.05. The molecule has 18 heavy (non-hydrogen) atoms. The van der Waals surface area contributed by atoms with Gasteiger partial charge in [-0.15, -0.1) is 0 Å². The van der Waals surface area contributed by atoms with E-state index in [1.54, 1.807) is 6.07 Å². The van der Waals surface area contributed by atoms with Gasteiger partial charge in [0, 0.05) is 20.6 Å². The van der Waals surface area contributed by atoms with Crippen molar-refractivity contribution in [2.24, 2.45) is 0 Å². The molecule has 2 rings (SSSR count). The summed E-state index contributed by atoms with van der Waals surface area (Å²) >= 11 is 0. The highest BCUT2D eigenvalue weighted by Gasteiger charge is 2.31. The zero-order valence-corrected chi connectivity index (χ0v) is 10.9. The van der Waals surface area contributed by atoms with E-state index in [9.17, 15) is 13.2 Å². The van der Waals surface area contributed by atoms with Crippen LogP contribution in [-0.2, 0) is 16.6 Å². The summed E-state index contributed by atoms with van der Waals surface area (Å²) in [6, 6.07) is 4.57. The SMILES string of the molecule is CN(C)S(=O)(=O)N1CCc2ccc(C(=O)O)cc21. The van der Waals surface area contributed by atoms with E-state index in [0.29, 0.717) is 18.7 Å². The first-order valence-electron chi connectivity index (χ1n) is 5.40. The molecule has 0 amide bonds. The number of anilines is 1. The molecule has 0 aliphatic carbocycles. The van der Waals surface area contributed by atoms with Crippen LogP contribution in [0, 0.1) is 0 Å². The summed E-state index contributed by atoms with van der Waals surface area (Å²) in [6.07, 6.45) is 0.600. The molecule has 1 aliphatic rings. The van der Waals surface area contributed by atoms with E-state index >= 15 is 0 Å². The molecule has 0 spiro atoms. The lowest BCUT2D eigenvalue weighted by Crippen LogP contribution is -2.39. The highest BCUT2D eigenvalue weighted by Crippen LogP contribution is 2.31. The van der Waals surface area contributed by atoms with Crippen molar-refractivity contribution < 1.29 is 18.3 Å². The number of hydrogen-bond donors (Lipinski definition) is 1. The number of carboxylic acids is 1. The fraction of sp³-hybridized carbons (Fsp3) is 0.364. The summed E-state index contributed by atoms with van der Waals surface area (Å²) in [7, 11) is -0.653. The monoisotopic (exact) mass is 270 g/mol. The van der Waals surface area contributed by atoms with Crippen molar-refractivity contribution in [2.45, 2.75) is 6.42 Å². The lowest BCUT2D eigenvalue weighted by molar-refractivity contribution is 0.0697. The van der Waals surface area contributed by atoms with Crippen LogP contribution in [0.2, 0.25) is 0 Å². The molecule has 0 atom stereocenters. The number of nitrogens with zero attached hydrogens (tertiary/aromatic N) is 2. The smallest absolute Gasteiger partial charge is 0.335 e. The van der Waals surface area contributed by atoms with Crippen molar-refractivity contribution >= 4 is 21.9 Å². The van der Waals surface area contributed by atoms with Gasteiger partial charge in [0.15, 0.2) is 0 Å². The molecule has 1 aromatic carbocycles. The van der Waals surface area contributed by atoms with Crippen LogP contribution in [-0.4, -0.2) is 44.4 Å². The third-order valence-electron chi connectivity index (χ3n) is 2.93. The standard InChI is InChI=1S/C11H14N2O4S/c1-12(2)18(16,17)13-6-5-8-3-4-9(11(14)15)7-10(8)13/h3-4,7H,5-6H2,1-2H3,(H,14,15). The van der Waals surface area contributed by atoms with Crippen molar-refractivity contribution in [1.29, 1.82) is 0 Å². The van der Waals surface area contributed by atoms with Crippen molar-refractivity contribution in [1.82, 2.24) is 4.31 Å². The number of fused-ring (bicyclic) bond motifs is 1. The first-order chi connectivity index (χ1) is 8.34. The highest BCUT2D eigenvalue weighted by molar-refractivity contribution is 7.90. The molecule has 0 unspecified atom stereocenters. The lowest BCUT2D eigenvalue weighted by atomic mass is 10.1. The summed E-state index contributed by atoms with van der Waals surface area (Å²) < 4.78 is 26.5. The van der Waals surface area contributed by atoms with Crippen molar-refractivity contribution in [2.75, 3.05) is 24.9 Å². The third-order valence-corrected chi connectivity index (χ3v) is 4.78. The normalized spacial score (nSPS) is 14.9. The van der Waals surface area contributed by atoms with Gasteiger partial charge in [0.1, 0.15) is 0 Å². The molecule has 1 N–H and O–H groups in total. The van der Waals surface area contributed by atoms with Gasteiger partial charge >= 0.3 is 16.2 Å². The van der Waals surface area contributed by atoms with E-state index in [1.807, 2.05) is 0 Å². The van der Waals surface area contributed by atoms with Crippen LogP contribution in [0.1, 0.15) is 15.9 Å². The zero-order chi connectivity index (χ0) is 13.5. The van der Waals surface area contributed by atoms with Gasteiger partial charge < -0.3 is 5.11 Å². The number of aromatic carboxylic acids is 1. The molecule has 0 saturated heterocycles. The van der Waals surface area contributed by atoms with Crippen LogP contribution in [0.15, 0.2) is 18.2 Å². The number of benzene rings is 1. The Kier molecular flexibility index (Phi) is 3.04. The van der Waals surface area contributed by atoms with E-state index in [1.165, 1.54) is 30.5 Å². The fourth-order valence-electron chi connectivity index (χ4n) is 1.92. The second-order valence-corrected chi connectivity index (χ2v) is 6.33. The van der Waals surface area contributed by atoms with E-state index < -0.39 is 16.2 Å². The Labute approximate surface area is 106 Å². The van der Waals surface area contributed by atoms with E-state index in [4.69, 9.17) is 5.11 Å². The Bertz CT molecular complexity index is 595. The Morgan fingerprint density at radius 2 is 2.06 bits per heavy atom. The minimum Gasteiger partial charge on any atom is -0.478 e. The molecule has 0 fully saturated rings. The predicted molar refractivity (Wildman–Crippen MR) is 67.1 cm³/mol. The second-order valence-electron chi connectivity index (χ2n) is 4.26. The Hall–Kier alpha value is -1.60. The quantitative estimate of drug-likeness (QED) is 0.870. The Morgan fingerprint density at radius 3 is 2.61 bits per heavy atom. The summed E-state index contributed by atoms with van der Waals surface area (Å²) in [5, 5.41) is 8.94. The molecule has 0 aromatic heterocycles. The Morgan fingerprint density at radius 1 is 1.39 bits per heavy atom. The maximum absolute atomic E-state index is 12.1. The minimum atomic E-state index is -3.56. The van der Waals surface area contributed by atoms with Crippen LogP contribution in [0.5, 0.6) is 0 Å². The molecule has 1 aromatic rings. The first-order valence-corrected chi connectivity index (χ1v) is 6.80. The first kappa shape index (κ1) is 12.8. The summed E-state index contributed by atoms with van der Waals surface area (Å²) in [5.41, 5.74) is 1.41. The van der Waals surface area contributed by atoms with Gasteiger partial charge in [-0.3, -0.25) is 4.31 Å². The van der Waals surface area contributed by atoms with Gasteiger partial charge in [-0.25, -0.2) is 4.79 Å². The summed E-state index contributed by atoms with van der Waals surface area (Å²) in [6.45, 7) is 0.346. The number of rotatable bonds is 3. The number of carbonyl (C=O) groups is 1. The average molecular weight is 270 g/mol. The van der Waals surface area contributed by atoms with E-state index in [-0.39, 0.29) is 5.56 Å². The second kappa shape index (κ2) is 4.25. The van der Waals surface area contributed by atoms with Crippen LogP contribution >= 0.6 is 0 Å². The summed E-state index contributed by atoms with van der Waals surface area (Å²) in [4.78, 5) is 10.9. The van der Waals surface area contributed by atoms with E-state index in [2.05, 4.69) is 0 Å². The molecule has 98 valence electrons. The summed E-state index contributed by atoms with van der Waals surface area (Å²) in [5.74, 6) is -1.06. The Balaban J connectivity index is 2.50. The van der Waals surface area contributed by atoms with E-state index in [0.717, 1.165) is 9.87 Å². The zero-order valence-electron chi connectivity index (χ0n) is 10.1. The highest BCUT2D eigenvalue weighted by atomic mass is 32.2. The van der Waals surface area contributed by atoms with Gasteiger partial charge in [-0.2, -0.15) is 12.7 Å². The topological polar surface area (TPSA) is 77.9 Å². The van der Waals surface area contributed by atoms with Crippen molar-refractivity contribution in [3.63, 3.8) is 0 Å². The van der Waals surface area contributed by atoms with Crippen molar-refractivity contribution in [3.05, 3.63) is 29.3 Å². The molecule has 6 nitrogen and oxygen atoms in total. The largest absolute Gasteiger partial charge is 0.478 e. The predicted octanol–water partition coefficient (Wildman–Crippen LogP) is 0.554. The third kappa shape index (κ3) is 1.95. The van der Waals surface area contributed by atoms with Crippen LogP contribution < -0.4 is 4.31 Å². The van der Waals surface area contributed by atoms with Gasteiger partial charge in [0.25, 0.3) is 0 Å².